The second kappa shape index (κ2) is 8.99. The van der Waals surface area contributed by atoms with Crippen LogP contribution in [0.25, 0.3) is 0 Å². The second-order valence-electron chi connectivity index (χ2n) is 9.44. The maximum Gasteiger partial charge on any atom is 0.317 e. The van der Waals surface area contributed by atoms with Crippen molar-refractivity contribution in [3.8, 4) is 0 Å². The van der Waals surface area contributed by atoms with Crippen molar-refractivity contribution in [1.29, 1.82) is 0 Å². The molecule has 160 valence electrons. The Morgan fingerprint density at radius 2 is 1.71 bits per heavy atom. The molecule has 2 heterocycles. The van der Waals surface area contributed by atoms with Crippen LogP contribution in [0.3, 0.4) is 0 Å². The smallest absolute Gasteiger partial charge is 0.317 e. The van der Waals surface area contributed by atoms with Crippen molar-refractivity contribution >= 4 is 11.9 Å². The molecule has 7 heteroatoms. The number of urea groups is 1. The molecule has 28 heavy (non-hydrogen) atoms. The summed E-state index contributed by atoms with van der Waals surface area (Å²) in [5, 5.41) is 3.25. The van der Waals surface area contributed by atoms with E-state index in [9.17, 15) is 9.59 Å². The van der Waals surface area contributed by atoms with Gasteiger partial charge in [-0.05, 0) is 50.4 Å². The number of carbonyl (C=O) groups excluding carboxylic acids is 2. The molecule has 3 aliphatic rings. The summed E-state index contributed by atoms with van der Waals surface area (Å²) in [7, 11) is 1.55. The van der Waals surface area contributed by atoms with Crippen LogP contribution in [0.15, 0.2) is 0 Å². The van der Waals surface area contributed by atoms with Crippen molar-refractivity contribution in [1.82, 2.24) is 15.1 Å². The lowest BCUT2D eigenvalue weighted by Gasteiger charge is -2.45. The van der Waals surface area contributed by atoms with Crippen LogP contribution in [0.5, 0.6) is 0 Å². The molecule has 0 bridgehead atoms. The molecule has 3 rings (SSSR count). The number of nitrogens with zero attached hydrogens (tertiary/aromatic N) is 2. The number of methoxy groups -OCH3 is 1. The molecule has 3 amide bonds. The van der Waals surface area contributed by atoms with Gasteiger partial charge in [0.1, 0.15) is 6.61 Å². The predicted molar refractivity (Wildman–Crippen MR) is 107 cm³/mol. The van der Waals surface area contributed by atoms with Crippen LogP contribution < -0.4 is 5.32 Å². The zero-order chi connectivity index (χ0) is 20.2. The Bertz CT molecular complexity index is 550. The van der Waals surface area contributed by atoms with Crippen LogP contribution in [0.2, 0.25) is 0 Å². The van der Waals surface area contributed by atoms with Crippen LogP contribution in [0.4, 0.5) is 4.79 Å². The predicted octanol–water partition coefficient (Wildman–Crippen LogP) is 2.39. The summed E-state index contributed by atoms with van der Waals surface area (Å²) < 4.78 is 10.7. The highest BCUT2D eigenvalue weighted by Gasteiger charge is 2.43. The van der Waals surface area contributed by atoms with Gasteiger partial charge in [0.25, 0.3) is 0 Å². The third-order valence-electron chi connectivity index (χ3n) is 6.96. The molecule has 3 fully saturated rings. The van der Waals surface area contributed by atoms with E-state index in [1.54, 1.807) is 7.11 Å². The maximum absolute atomic E-state index is 12.9. The lowest BCUT2D eigenvalue weighted by atomic mass is 9.75. The highest BCUT2D eigenvalue weighted by atomic mass is 16.5. The SMILES string of the molecule is COCC(=O)N1CCN(C(=O)NC2CCC(C)(C)CC2)CCC12CCOCC2. The fourth-order valence-corrected chi connectivity index (χ4v) is 4.92. The highest BCUT2D eigenvalue weighted by Crippen LogP contribution is 2.36. The molecule has 1 N–H and O–H groups in total. The molecule has 1 spiro atoms. The van der Waals surface area contributed by atoms with Gasteiger partial charge < -0.3 is 24.6 Å². The summed E-state index contributed by atoms with van der Waals surface area (Å²) in [4.78, 5) is 29.5. The molecule has 1 aliphatic carbocycles. The summed E-state index contributed by atoms with van der Waals surface area (Å²) in [6.45, 7) is 7.85. The number of hydrogen-bond acceptors (Lipinski definition) is 4. The first kappa shape index (κ1) is 21.4. The number of amides is 3. The van der Waals surface area contributed by atoms with Gasteiger partial charge in [0, 0.05) is 51.5 Å². The molecule has 0 atom stereocenters. The van der Waals surface area contributed by atoms with Crippen molar-refractivity contribution in [2.24, 2.45) is 5.41 Å². The summed E-state index contributed by atoms with van der Waals surface area (Å²) in [5.74, 6) is 0.0150. The number of carbonyl (C=O) groups is 2. The van der Waals surface area contributed by atoms with E-state index in [1.807, 2.05) is 9.80 Å². The van der Waals surface area contributed by atoms with Crippen molar-refractivity contribution in [3.05, 3.63) is 0 Å². The van der Waals surface area contributed by atoms with Gasteiger partial charge in [-0.2, -0.15) is 0 Å². The second-order valence-corrected chi connectivity index (χ2v) is 9.44. The molecule has 2 aliphatic heterocycles. The van der Waals surface area contributed by atoms with Crippen LogP contribution >= 0.6 is 0 Å². The first-order valence-electron chi connectivity index (χ1n) is 10.8. The molecular weight excluding hydrogens is 358 g/mol. The number of nitrogens with one attached hydrogen (secondary N) is 1. The summed E-state index contributed by atoms with van der Waals surface area (Å²) in [5.41, 5.74) is 0.180. The zero-order valence-corrected chi connectivity index (χ0v) is 17.8. The van der Waals surface area contributed by atoms with Gasteiger partial charge in [0.2, 0.25) is 5.91 Å². The van der Waals surface area contributed by atoms with Crippen molar-refractivity contribution in [2.75, 3.05) is 46.6 Å². The Kier molecular flexibility index (Phi) is 6.86. The number of rotatable bonds is 3. The normalized spacial score (nSPS) is 25.4. The van der Waals surface area contributed by atoms with E-state index >= 15 is 0 Å². The van der Waals surface area contributed by atoms with Crippen LogP contribution in [-0.2, 0) is 14.3 Å². The molecule has 0 aromatic carbocycles. The van der Waals surface area contributed by atoms with E-state index in [0.717, 1.165) is 44.9 Å². The Hall–Kier alpha value is -1.34. The molecule has 0 radical (unpaired) electrons. The molecule has 0 unspecified atom stereocenters. The fourth-order valence-electron chi connectivity index (χ4n) is 4.92. The minimum absolute atomic E-state index is 0.0150. The van der Waals surface area contributed by atoms with Gasteiger partial charge in [0.05, 0.1) is 0 Å². The molecule has 7 nitrogen and oxygen atoms in total. The first-order valence-corrected chi connectivity index (χ1v) is 10.8. The Balaban J connectivity index is 1.62. The fraction of sp³-hybridized carbons (Fsp3) is 0.905. The van der Waals surface area contributed by atoms with E-state index < -0.39 is 0 Å². The third kappa shape index (κ3) is 4.98. The lowest BCUT2D eigenvalue weighted by molar-refractivity contribution is -0.145. The minimum Gasteiger partial charge on any atom is -0.381 e. The van der Waals surface area contributed by atoms with Gasteiger partial charge in [-0.15, -0.1) is 0 Å². The molecule has 0 aromatic heterocycles. The first-order chi connectivity index (χ1) is 13.4. The maximum atomic E-state index is 12.9. The van der Waals surface area contributed by atoms with E-state index in [1.165, 1.54) is 0 Å². The molecule has 2 saturated heterocycles. The minimum atomic E-state index is -0.211. The Morgan fingerprint density at radius 3 is 2.36 bits per heavy atom. The average Bonchev–Trinajstić information content (AvgIpc) is 2.84. The quantitative estimate of drug-likeness (QED) is 0.797. The van der Waals surface area contributed by atoms with Gasteiger partial charge in [-0.1, -0.05) is 13.8 Å². The largest absolute Gasteiger partial charge is 0.381 e. The summed E-state index contributed by atoms with van der Waals surface area (Å²) >= 11 is 0. The average molecular weight is 396 g/mol. The lowest BCUT2D eigenvalue weighted by Crippen LogP contribution is -2.55. The van der Waals surface area contributed by atoms with Gasteiger partial charge in [-0.25, -0.2) is 4.79 Å². The Morgan fingerprint density at radius 1 is 1.04 bits per heavy atom. The van der Waals surface area contributed by atoms with E-state index in [2.05, 4.69) is 19.2 Å². The van der Waals surface area contributed by atoms with E-state index in [-0.39, 0.29) is 30.1 Å². The number of hydrogen-bond donors (Lipinski definition) is 1. The molecular formula is C21H37N3O4. The monoisotopic (exact) mass is 395 g/mol. The zero-order valence-electron chi connectivity index (χ0n) is 17.8. The van der Waals surface area contributed by atoms with Crippen molar-refractivity contribution in [3.63, 3.8) is 0 Å². The van der Waals surface area contributed by atoms with E-state index in [0.29, 0.717) is 38.3 Å². The van der Waals surface area contributed by atoms with Gasteiger partial charge >= 0.3 is 6.03 Å². The third-order valence-corrected chi connectivity index (χ3v) is 6.96. The topological polar surface area (TPSA) is 71.1 Å². The number of ether oxygens (including phenoxy) is 2. The Labute approximate surface area is 169 Å². The van der Waals surface area contributed by atoms with Gasteiger partial charge in [-0.3, -0.25) is 4.79 Å². The van der Waals surface area contributed by atoms with Crippen LogP contribution in [-0.4, -0.2) is 79.9 Å². The van der Waals surface area contributed by atoms with Gasteiger partial charge in [0.15, 0.2) is 0 Å². The standard InChI is InChI=1S/C21H37N3O4/c1-20(2)6-4-17(5-7-20)22-19(26)23-11-8-21(9-14-28-15-10-21)24(13-12-23)18(25)16-27-3/h17H,4-16H2,1-3H3,(H,22,26). The van der Waals surface area contributed by atoms with E-state index in [4.69, 9.17) is 9.47 Å². The van der Waals surface area contributed by atoms with Crippen LogP contribution in [0.1, 0.15) is 58.8 Å². The summed E-state index contributed by atoms with van der Waals surface area (Å²) in [6.07, 6.45) is 6.86. The van der Waals surface area contributed by atoms with Crippen LogP contribution in [0, 0.1) is 5.41 Å². The molecule has 1 saturated carbocycles. The van der Waals surface area contributed by atoms with Crippen molar-refractivity contribution in [2.45, 2.75) is 70.4 Å². The highest BCUT2D eigenvalue weighted by molar-refractivity contribution is 5.79. The summed E-state index contributed by atoms with van der Waals surface area (Å²) in [6, 6.07) is 0.292. The molecule has 0 aromatic rings. The van der Waals surface area contributed by atoms with Crippen molar-refractivity contribution < 1.29 is 19.1 Å².